The lowest BCUT2D eigenvalue weighted by molar-refractivity contribution is 0.583. The number of benzene rings is 1. The van der Waals surface area contributed by atoms with Crippen LogP contribution in [-0.4, -0.2) is 41.3 Å². The van der Waals surface area contributed by atoms with E-state index in [9.17, 15) is 0 Å². The van der Waals surface area contributed by atoms with Gasteiger partial charge in [0.15, 0.2) is 5.96 Å². The van der Waals surface area contributed by atoms with Crippen LogP contribution in [-0.2, 0) is 6.54 Å². The zero-order chi connectivity index (χ0) is 16.1. The van der Waals surface area contributed by atoms with Crippen LogP contribution in [0.3, 0.4) is 0 Å². The van der Waals surface area contributed by atoms with Crippen molar-refractivity contribution < 1.29 is 0 Å². The summed E-state index contributed by atoms with van der Waals surface area (Å²) in [5, 5.41) is 7.86. The highest BCUT2D eigenvalue weighted by molar-refractivity contribution is 5.79. The minimum atomic E-state index is 0.620. The van der Waals surface area contributed by atoms with Crippen LogP contribution in [0.4, 0.5) is 0 Å². The number of aryl methyl sites for hydroxylation is 2. The van der Waals surface area contributed by atoms with E-state index in [1.165, 1.54) is 0 Å². The molecule has 0 saturated heterocycles. The third kappa shape index (κ3) is 3.67. The Morgan fingerprint density at radius 1 is 1.27 bits per heavy atom. The molecule has 5 heteroatoms. The van der Waals surface area contributed by atoms with Crippen LogP contribution in [0, 0.1) is 13.8 Å². The Balaban J connectivity index is 2.33. The van der Waals surface area contributed by atoms with Crippen LogP contribution >= 0.6 is 0 Å². The standard InChI is InChI=1S/C17H25N5/c1-6-18-17(21(4)5)19-12-15-9-7-8-10-16(15)22-14(3)11-13(2)20-22/h7-11H,6,12H2,1-5H3,(H,18,19). The van der Waals surface area contributed by atoms with Gasteiger partial charge in [-0.3, -0.25) is 0 Å². The van der Waals surface area contributed by atoms with Crippen molar-refractivity contribution in [3.63, 3.8) is 0 Å². The molecule has 0 unspecified atom stereocenters. The molecule has 5 nitrogen and oxygen atoms in total. The Hall–Kier alpha value is -2.30. The largest absolute Gasteiger partial charge is 0.357 e. The summed E-state index contributed by atoms with van der Waals surface area (Å²) in [6.45, 7) is 7.64. The van der Waals surface area contributed by atoms with Gasteiger partial charge in [0.25, 0.3) is 0 Å². The van der Waals surface area contributed by atoms with E-state index in [2.05, 4.69) is 42.5 Å². The van der Waals surface area contributed by atoms with Gasteiger partial charge in [0.05, 0.1) is 17.9 Å². The monoisotopic (exact) mass is 299 g/mol. The first-order chi connectivity index (χ1) is 10.5. The summed E-state index contributed by atoms with van der Waals surface area (Å²) in [5.74, 6) is 0.894. The van der Waals surface area contributed by atoms with Crippen LogP contribution < -0.4 is 5.32 Å². The molecule has 0 saturated carbocycles. The van der Waals surface area contributed by atoms with Gasteiger partial charge in [-0.1, -0.05) is 18.2 Å². The van der Waals surface area contributed by atoms with Crippen LogP contribution in [0.1, 0.15) is 23.9 Å². The van der Waals surface area contributed by atoms with Crippen molar-refractivity contribution in [3.8, 4) is 5.69 Å². The van der Waals surface area contributed by atoms with Crippen LogP contribution in [0.25, 0.3) is 5.69 Å². The molecule has 1 aromatic heterocycles. The van der Waals surface area contributed by atoms with Gasteiger partial charge in [-0.25, -0.2) is 9.67 Å². The zero-order valence-electron chi connectivity index (χ0n) is 14.1. The van der Waals surface area contributed by atoms with Crippen LogP contribution in [0.5, 0.6) is 0 Å². The predicted molar refractivity (Wildman–Crippen MR) is 91.5 cm³/mol. The van der Waals surface area contributed by atoms with E-state index in [0.29, 0.717) is 6.54 Å². The van der Waals surface area contributed by atoms with Crippen LogP contribution in [0.2, 0.25) is 0 Å². The number of aromatic nitrogens is 2. The molecule has 0 aliphatic heterocycles. The molecule has 1 aromatic carbocycles. The number of guanidine groups is 1. The number of aliphatic imine (C=N–C) groups is 1. The quantitative estimate of drug-likeness (QED) is 0.697. The average molecular weight is 299 g/mol. The fraction of sp³-hybridized carbons (Fsp3) is 0.412. The minimum absolute atomic E-state index is 0.620. The summed E-state index contributed by atoms with van der Waals surface area (Å²) in [7, 11) is 3.99. The molecule has 0 amide bonds. The molecule has 0 aliphatic carbocycles. The van der Waals surface area contributed by atoms with Crippen molar-refractivity contribution in [2.24, 2.45) is 4.99 Å². The third-order valence-electron chi connectivity index (χ3n) is 3.39. The number of para-hydroxylation sites is 1. The molecule has 2 aromatic rings. The van der Waals surface area contributed by atoms with Gasteiger partial charge in [0.1, 0.15) is 0 Å². The maximum absolute atomic E-state index is 4.70. The average Bonchev–Trinajstić information content (AvgIpc) is 2.82. The molecule has 1 heterocycles. The van der Waals surface area contributed by atoms with Gasteiger partial charge in [-0.15, -0.1) is 0 Å². The first kappa shape index (κ1) is 16.1. The van der Waals surface area contributed by atoms with E-state index >= 15 is 0 Å². The van der Waals surface area contributed by atoms with E-state index in [4.69, 9.17) is 4.99 Å². The molecule has 0 bridgehead atoms. The van der Waals surface area contributed by atoms with E-state index in [1.807, 2.05) is 42.7 Å². The molecule has 2 rings (SSSR count). The maximum Gasteiger partial charge on any atom is 0.193 e. The molecular formula is C17H25N5. The number of rotatable bonds is 4. The molecule has 118 valence electrons. The van der Waals surface area contributed by atoms with E-state index in [0.717, 1.165) is 35.1 Å². The van der Waals surface area contributed by atoms with Gasteiger partial charge in [-0.05, 0) is 38.5 Å². The Bertz CT molecular complexity index is 655. The second kappa shape index (κ2) is 7.11. The smallest absolute Gasteiger partial charge is 0.193 e. The zero-order valence-corrected chi connectivity index (χ0v) is 14.1. The molecular weight excluding hydrogens is 274 g/mol. The Morgan fingerprint density at radius 3 is 2.59 bits per heavy atom. The fourth-order valence-electron chi connectivity index (χ4n) is 2.40. The lowest BCUT2D eigenvalue weighted by Gasteiger charge is -2.17. The Labute approximate surface area is 132 Å². The van der Waals surface area contributed by atoms with E-state index in [-0.39, 0.29) is 0 Å². The maximum atomic E-state index is 4.70. The lowest BCUT2D eigenvalue weighted by atomic mass is 10.2. The highest BCUT2D eigenvalue weighted by atomic mass is 15.3. The Morgan fingerprint density at radius 2 is 2.00 bits per heavy atom. The van der Waals surface area contributed by atoms with Gasteiger partial charge in [0.2, 0.25) is 0 Å². The van der Waals surface area contributed by atoms with Crippen molar-refractivity contribution in [3.05, 3.63) is 47.3 Å². The van der Waals surface area contributed by atoms with Gasteiger partial charge in [-0.2, -0.15) is 5.10 Å². The van der Waals surface area contributed by atoms with Crippen molar-refractivity contribution in [1.29, 1.82) is 0 Å². The fourth-order valence-corrected chi connectivity index (χ4v) is 2.40. The first-order valence-corrected chi connectivity index (χ1v) is 7.60. The molecule has 0 aliphatic rings. The van der Waals surface area contributed by atoms with Gasteiger partial charge in [0, 0.05) is 26.3 Å². The summed E-state index contributed by atoms with van der Waals surface area (Å²) in [6, 6.07) is 10.4. The molecule has 0 fully saturated rings. The van der Waals surface area contributed by atoms with Crippen molar-refractivity contribution in [2.75, 3.05) is 20.6 Å². The summed E-state index contributed by atoms with van der Waals surface area (Å²) in [5.41, 5.74) is 4.41. The van der Waals surface area contributed by atoms with Crippen molar-refractivity contribution >= 4 is 5.96 Å². The van der Waals surface area contributed by atoms with Gasteiger partial charge < -0.3 is 10.2 Å². The summed E-state index contributed by atoms with van der Waals surface area (Å²) in [4.78, 5) is 6.69. The number of nitrogens with one attached hydrogen (secondary N) is 1. The van der Waals surface area contributed by atoms with Crippen molar-refractivity contribution in [1.82, 2.24) is 20.0 Å². The molecule has 22 heavy (non-hydrogen) atoms. The highest BCUT2D eigenvalue weighted by Gasteiger charge is 2.09. The SMILES string of the molecule is CCNC(=NCc1ccccc1-n1nc(C)cc1C)N(C)C. The minimum Gasteiger partial charge on any atom is -0.357 e. The first-order valence-electron chi connectivity index (χ1n) is 7.60. The summed E-state index contributed by atoms with van der Waals surface area (Å²) >= 11 is 0. The Kier molecular flexibility index (Phi) is 5.20. The van der Waals surface area contributed by atoms with Crippen LogP contribution in [0.15, 0.2) is 35.3 Å². The van der Waals surface area contributed by atoms with E-state index in [1.54, 1.807) is 0 Å². The normalized spacial score (nSPS) is 11.6. The molecule has 1 N–H and O–H groups in total. The molecule has 0 spiro atoms. The lowest BCUT2D eigenvalue weighted by Crippen LogP contribution is -2.36. The predicted octanol–water partition coefficient (Wildman–Crippen LogP) is 2.52. The number of hydrogen-bond donors (Lipinski definition) is 1. The van der Waals surface area contributed by atoms with E-state index < -0.39 is 0 Å². The summed E-state index contributed by atoms with van der Waals surface area (Å²) in [6.07, 6.45) is 0. The van der Waals surface area contributed by atoms with Gasteiger partial charge >= 0.3 is 0 Å². The second-order valence-corrected chi connectivity index (χ2v) is 5.53. The second-order valence-electron chi connectivity index (χ2n) is 5.53. The summed E-state index contributed by atoms with van der Waals surface area (Å²) < 4.78 is 1.99. The third-order valence-corrected chi connectivity index (χ3v) is 3.39. The molecule has 0 atom stereocenters. The van der Waals surface area contributed by atoms with Crippen molar-refractivity contribution in [2.45, 2.75) is 27.3 Å². The topological polar surface area (TPSA) is 45.5 Å². The highest BCUT2D eigenvalue weighted by Crippen LogP contribution is 2.17. The molecule has 0 radical (unpaired) electrons. The number of hydrogen-bond acceptors (Lipinski definition) is 2. The number of nitrogens with zero attached hydrogens (tertiary/aromatic N) is 4.